The molecule has 7 nitrogen and oxygen atoms in total. The van der Waals surface area contributed by atoms with Gasteiger partial charge in [0.25, 0.3) is 5.91 Å². The number of rotatable bonds is 8. The van der Waals surface area contributed by atoms with Crippen molar-refractivity contribution in [2.24, 2.45) is 0 Å². The minimum absolute atomic E-state index is 0.149. The Labute approximate surface area is 202 Å². The van der Waals surface area contributed by atoms with E-state index in [1.165, 1.54) is 10.5 Å². The van der Waals surface area contributed by atoms with Crippen molar-refractivity contribution in [1.29, 1.82) is 0 Å². The van der Waals surface area contributed by atoms with E-state index in [1.807, 2.05) is 43.3 Å². The van der Waals surface area contributed by atoms with E-state index in [0.29, 0.717) is 19.5 Å². The lowest BCUT2D eigenvalue weighted by Crippen LogP contribution is -2.46. The number of hydrogen-bond donors (Lipinski definition) is 1. The molecule has 182 valence electrons. The first-order valence-corrected chi connectivity index (χ1v) is 12.1. The summed E-state index contributed by atoms with van der Waals surface area (Å²) in [5.74, 6) is 1.48. The van der Waals surface area contributed by atoms with Crippen molar-refractivity contribution in [2.45, 2.75) is 57.0 Å². The van der Waals surface area contributed by atoms with Crippen molar-refractivity contribution in [3.63, 3.8) is 0 Å². The number of carbonyl (C=O) groups is 2. The predicted molar refractivity (Wildman–Crippen MR) is 131 cm³/mol. The SMILES string of the molecule is COc1ccc(CCC2(C)NC(=O)N(CN3CCCCCC3c3ccc(OC)cc3)C2=O)cc1. The van der Waals surface area contributed by atoms with Gasteiger partial charge in [0, 0.05) is 12.6 Å². The van der Waals surface area contributed by atoms with Crippen LogP contribution in [0.1, 0.15) is 56.2 Å². The van der Waals surface area contributed by atoms with E-state index in [0.717, 1.165) is 49.3 Å². The number of imide groups is 1. The fourth-order valence-electron chi connectivity index (χ4n) is 4.95. The molecule has 7 heteroatoms. The van der Waals surface area contributed by atoms with Gasteiger partial charge in [-0.1, -0.05) is 37.1 Å². The number of carbonyl (C=O) groups excluding carboxylic acids is 2. The van der Waals surface area contributed by atoms with Crippen LogP contribution in [0.25, 0.3) is 0 Å². The van der Waals surface area contributed by atoms with Gasteiger partial charge in [0.15, 0.2) is 0 Å². The van der Waals surface area contributed by atoms with Crippen LogP contribution in [0.5, 0.6) is 11.5 Å². The lowest BCUT2D eigenvalue weighted by atomic mass is 9.93. The van der Waals surface area contributed by atoms with E-state index >= 15 is 0 Å². The first-order valence-electron chi connectivity index (χ1n) is 12.1. The number of likely N-dealkylation sites (tertiary alicyclic amines) is 1. The van der Waals surface area contributed by atoms with Gasteiger partial charge < -0.3 is 14.8 Å². The average molecular weight is 466 g/mol. The summed E-state index contributed by atoms with van der Waals surface area (Å²) in [5.41, 5.74) is 1.39. The van der Waals surface area contributed by atoms with Gasteiger partial charge in [0.05, 0.1) is 20.9 Å². The number of hydrogen-bond acceptors (Lipinski definition) is 5. The molecule has 3 amide bonds. The zero-order valence-electron chi connectivity index (χ0n) is 20.4. The van der Waals surface area contributed by atoms with Gasteiger partial charge >= 0.3 is 6.03 Å². The maximum absolute atomic E-state index is 13.4. The van der Waals surface area contributed by atoms with Crippen LogP contribution in [0.2, 0.25) is 0 Å². The number of ether oxygens (including phenoxy) is 2. The summed E-state index contributed by atoms with van der Waals surface area (Å²) in [6, 6.07) is 15.8. The zero-order valence-corrected chi connectivity index (χ0v) is 20.4. The van der Waals surface area contributed by atoms with Crippen molar-refractivity contribution >= 4 is 11.9 Å². The Morgan fingerprint density at radius 2 is 1.59 bits per heavy atom. The summed E-state index contributed by atoms with van der Waals surface area (Å²) in [6.45, 7) is 3.00. The topological polar surface area (TPSA) is 71.1 Å². The second-order valence-electron chi connectivity index (χ2n) is 9.44. The second-order valence-corrected chi connectivity index (χ2v) is 9.44. The highest BCUT2D eigenvalue weighted by atomic mass is 16.5. The van der Waals surface area contributed by atoms with Gasteiger partial charge in [-0.2, -0.15) is 0 Å². The van der Waals surface area contributed by atoms with Crippen LogP contribution in [0.3, 0.4) is 0 Å². The minimum atomic E-state index is -0.904. The smallest absolute Gasteiger partial charge is 0.326 e. The molecule has 2 aliphatic rings. The molecular weight excluding hydrogens is 430 g/mol. The Bertz CT molecular complexity index is 992. The van der Waals surface area contributed by atoms with Crippen LogP contribution in [0.4, 0.5) is 4.79 Å². The minimum Gasteiger partial charge on any atom is -0.497 e. The molecular formula is C27H35N3O4. The fraction of sp³-hybridized carbons (Fsp3) is 0.481. The first kappa shape index (κ1) is 24.1. The molecule has 2 saturated heterocycles. The summed E-state index contributed by atoms with van der Waals surface area (Å²) in [4.78, 5) is 30.0. The maximum atomic E-state index is 13.4. The Hall–Kier alpha value is -3.06. The highest BCUT2D eigenvalue weighted by Gasteiger charge is 2.48. The Morgan fingerprint density at radius 1 is 0.941 bits per heavy atom. The van der Waals surface area contributed by atoms with Crippen molar-refractivity contribution in [3.05, 3.63) is 59.7 Å². The number of benzene rings is 2. The lowest BCUT2D eigenvalue weighted by Gasteiger charge is -2.33. The Kier molecular flexibility index (Phi) is 7.41. The maximum Gasteiger partial charge on any atom is 0.326 e. The summed E-state index contributed by atoms with van der Waals surface area (Å²) >= 11 is 0. The number of aryl methyl sites for hydroxylation is 1. The molecule has 0 spiro atoms. The van der Waals surface area contributed by atoms with E-state index in [1.54, 1.807) is 14.2 Å². The average Bonchev–Trinajstić information content (AvgIpc) is 3.01. The van der Waals surface area contributed by atoms with Gasteiger partial charge in [-0.05, 0) is 68.0 Å². The van der Waals surface area contributed by atoms with Crippen LogP contribution in [0, 0.1) is 0 Å². The quantitative estimate of drug-likeness (QED) is 0.581. The Morgan fingerprint density at radius 3 is 2.24 bits per heavy atom. The monoisotopic (exact) mass is 465 g/mol. The highest BCUT2D eigenvalue weighted by Crippen LogP contribution is 2.33. The molecule has 34 heavy (non-hydrogen) atoms. The molecule has 0 bridgehead atoms. The molecule has 2 aromatic carbocycles. The normalized spacial score (nSPS) is 23.5. The van der Waals surface area contributed by atoms with E-state index < -0.39 is 5.54 Å². The number of nitrogens with zero attached hydrogens (tertiary/aromatic N) is 2. The molecule has 0 radical (unpaired) electrons. The van der Waals surface area contributed by atoms with Gasteiger partial charge in [-0.3, -0.25) is 9.69 Å². The van der Waals surface area contributed by atoms with Crippen molar-refractivity contribution in [2.75, 3.05) is 27.4 Å². The number of amides is 3. The van der Waals surface area contributed by atoms with Crippen molar-refractivity contribution in [1.82, 2.24) is 15.1 Å². The van der Waals surface area contributed by atoms with Gasteiger partial charge in [0.1, 0.15) is 17.0 Å². The van der Waals surface area contributed by atoms with Crippen molar-refractivity contribution in [3.8, 4) is 11.5 Å². The molecule has 2 heterocycles. The van der Waals surface area contributed by atoms with Crippen LogP contribution in [-0.2, 0) is 11.2 Å². The summed E-state index contributed by atoms with van der Waals surface area (Å²) in [6.07, 6.45) is 5.59. The molecule has 2 fully saturated rings. The fourth-order valence-corrected chi connectivity index (χ4v) is 4.95. The predicted octanol–water partition coefficient (Wildman–Crippen LogP) is 4.52. The summed E-state index contributed by atoms with van der Waals surface area (Å²) in [7, 11) is 3.30. The third-order valence-electron chi connectivity index (χ3n) is 7.11. The molecule has 0 saturated carbocycles. The summed E-state index contributed by atoms with van der Waals surface area (Å²) in [5, 5.41) is 2.97. The largest absolute Gasteiger partial charge is 0.497 e. The van der Waals surface area contributed by atoms with Gasteiger partial charge in [-0.25, -0.2) is 9.69 Å². The number of nitrogens with one attached hydrogen (secondary N) is 1. The number of urea groups is 1. The standard InChI is InChI=1S/C27H35N3O4/c1-27(17-16-20-8-12-22(33-2)13-9-20)25(31)30(26(32)28-27)19-29-18-6-4-5-7-24(29)21-10-14-23(34-3)15-11-21/h8-15,24H,4-7,16-19H2,1-3H3,(H,28,32). The van der Waals surface area contributed by atoms with Crippen LogP contribution >= 0.6 is 0 Å². The number of methoxy groups -OCH3 is 2. The third kappa shape index (κ3) is 5.20. The second kappa shape index (κ2) is 10.5. The van der Waals surface area contributed by atoms with E-state index in [9.17, 15) is 9.59 Å². The molecule has 2 aliphatic heterocycles. The summed E-state index contributed by atoms with van der Waals surface area (Å²) < 4.78 is 10.5. The molecule has 0 aromatic heterocycles. The zero-order chi connectivity index (χ0) is 24.1. The Balaban J connectivity index is 1.45. The molecule has 2 aromatic rings. The van der Waals surface area contributed by atoms with E-state index in [-0.39, 0.29) is 18.0 Å². The lowest BCUT2D eigenvalue weighted by molar-refractivity contribution is -0.132. The molecule has 1 N–H and O–H groups in total. The highest BCUT2D eigenvalue weighted by molar-refractivity contribution is 6.06. The van der Waals surface area contributed by atoms with Crippen molar-refractivity contribution < 1.29 is 19.1 Å². The van der Waals surface area contributed by atoms with E-state index in [4.69, 9.17) is 9.47 Å². The third-order valence-corrected chi connectivity index (χ3v) is 7.11. The molecule has 0 aliphatic carbocycles. The van der Waals surface area contributed by atoms with Crippen LogP contribution in [0.15, 0.2) is 48.5 Å². The van der Waals surface area contributed by atoms with E-state index in [2.05, 4.69) is 22.3 Å². The molecule has 2 unspecified atom stereocenters. The molecule has 4 rings (SSSR count). The van der Waals surface area contributed by atoms with Gasteiger partial charge in [0.2, 0.25) is 0 Å². The van der Waals surface area contributed by atoms with Crippen LogP contribution in [-0.4, -0.2) is 54.7 Å². The molecule has 2 atom stereocenters. The van der Waals surface area contributed by atoms with Gasteiger partial charge in [-0.15, -0.1) is 0 Å². The van der Waals surface area contributed by atoms with Crippen LogP contribution < -0.4 is 14.8 Å². The first-order chi connectivity index (χ1) is 16.4.